The van der Waals surface area contributed by atoms with E-state index in [4.69, 9.17) is 15.6 Å². The number of carboxylic acids is 2. The van der Waals surface area contributed by atoms with Crippen molar-refractivity contribution in [2.24, 2.45) is 17.6 Å². The van der Waals surface area contributed by atoms with Gasteiger partial charge >= 0.3 is 18.1 Å². The highest BCUT2D eigenvalue weighted by atomic mass is 19.4. The molecule has 2 aliphatic rings. The molecule has 0 aliphatic carbocycles. The fourth-order valence-electron chi connectivity index (χ4n) is 8.84. The molecule has 2 saturated heterocycles. The van der Waals surface area contributed by atoms with E-state index in [0.717, 1.165) is 16.9 Å². The van der Waals surface area contributed by atoms with Crippen LogP contribution < -0.4 is 43.0 Å². The van der Waals surface area contributed by atoms with Crippen molar-refractivity contribution in [1.29, 1.82) is 0 Å². The Labute approximate surface area is 459 Å². The molecule has 2 fully saturated rings. The number of amides is 8. The number of hydrogen-bond donors (Lipinski definition) is 12. The van der Waals surface area contributed by atoms with Gasteiger partial charge in [-0.2, -0.15) is 13.2 Å². The number of phenols is 1. The number of alkyl halides is 3. The SMILES string of the molecule is CC(C)C[C@H](NC(=O)[C@H](Cc1ccc(O)cc1)NC(=O)[C@H](Cc1ccccc1)NC(=O)[C@@H]1CCCN1)C(=O)N[C@@H](Cc1ccccc1)C(=O)N1C[C@H](O)C[C@H]1C(=O)N[C@H](C(=O)N[C@@H](CC(=O)O)C(N)=O)C(C)C.O=C(O)C(F)(F)F. The Morgan fingerprint density at radius 3 is 1.60 bits per heavy atom. The molecule has 23 nitrogen and oxygen atoms in total. The molecular weight excluding hydrogens is 1060 g/mol. The van der Waals surface area contributed by atoms with E-state index in [1.807, 2.05) is 32.0 Å². The van der Waals surface area contributed by atoms with Crippen molar-refractivity contribution in [2.75, 3.05) is 13.1 Å². The first-order valence-electron chi connectivity index (χ1n) is 25.8. The van der Waals surface area contributed by atoms with E-state index >= 15 is 0 Å². The number of carbonyl (C=O) groups excluding carboxylic acids is 8. The first kappa shape index (κ1) is 64.4. The quantitative estimate of drug-likeness (QED) is 0.0544. The van der Waals surface area contributed by atoms with E-state index in [2.05, 4.69) is 37.2 Å². The van der Waals surface area contributed by atoms with Crippen molar-refractivity contribution in [1.82, 2.24) is 42.1 Å². The highest BCUT2D eigenvalue weighted by Gasteiger charge is 2.44. The fraction of sp³-hybridized carbons (Fsp3) is 0.481. The second-order valence-electron chi connectivity index (χ2n) is 20.3. The van der Waals surface area contributed by atoms with Gasteiger partial charge in [0.05, 0.1) is 18.6 Å². The first-order chi connectivity index (χ1) is 37.6. The molecule has 13 N–H and O–H groups in total. The number of rotatable bonds is 25. The molecule has 5 rings (SSSR count). The van der Waals surface area contributed by atoms with Crippen molar-refractivity contribution >= 4 is 59.2 Å². The highest BCUT2D eigenvalue weighted by molar-refractivity contribution is 5.98. The number of aliphatic hydroxyl groups is 1. The standard InChI is InChI=1S/C52H69N9O12.C2HF3O2/c1-29(2)22-38(56-48(69)40(24-33-17-19-34(62)20-18-33)58-49(70)39(23-31-12-7-5-8-13-31)57-46(67)36-16-11-21-54-36)47(68)59-41(25-32-14-9-6-10-15-32)52(73)61-28-35(63)26-42(61)50(71)60-44(30(3)4)51(72)55-37(45(53)66)27-43(64)65;3-2(4,5)1(6)7/h5-10,12-15,17-20,29-30,35-42,44,54,62-63H,11,16,21-28H2,1-4H3,(H2,53,66)(H,55,72)(H,56,69)(H,57,67)(H,58,70)(H,59,68)(H,60,71)(H,64,65);(H,6,7)/t35-,36+,37+,38+,39+,40+,41+,42+,44+;/m1./s1. The lowest BCUT2D eigenvalue weighted by molar-refractivity contribution is -0.192. The summed E-state index contributed by atoms with van der Waals surface area (Å²) in [4.78, 5) is 132. The molecule has 2 aliphatic heterocycles. The molecule has 0 radical (unpaired) electrons. The summed E-state index contributed by atoms with van der Waals surface area (Å²) in [5, 5.41) is 56.5. The second-order valence-corrected chi connectivity index (χ2v) is 20.3. The van der Waals surface area contributed by atoms with Gasteiger partial charge < -0.3 is 68.3 Å². The number of benzene rings is 3. The number of nitrogens with zero attached hydrogens (tertiary/aromatic N) is 1. The van der Waals surface area contributed by atoms with E-state index in [0.29, 0.717) is 24.1 Å². The van der Waals surface area contributed by atoms with Crippen LogP contribution in [-0.4, -0.2) is 158 Å². The van der Waals surface area contributed by atoms with Gasteiger partial charge in [0.2, 0.25) is 47.3 Å². The third-order valence-corrected chi connectivity index (χ3v) is 12.9. The number of nitrogens with two attached hydrogens (primary N) is 1. The number of primary amides is 1. The maximum absolute atomic E-state index is 14.7. The minimum Gasteiger partial charge on any atom is -0.508 e. The summed E-state index contributed by atoms with van der Waals surface area (Å²) in [6.45, 7) is 7.15. The Balaban J connectivity index is 0.00000184. The topological polar surface area (TPSA) is 365 Å². The van der Waals surface area contributed by atoms with Crippen molar-refractivity contribution in [3.8, 4) is 5.75 Å². The smallest absolute Gasteiger partial charge is 0.490 e. The van der Waals surface area contributed by atoms with Crippen LogP contribution in [0.4, 0.5) is 13.2 Å². The van der Waals surface area contributed by atoms with Gasteiger partial charge in [-0.1, -0.05) is 100 Å². The third kappa shape index (κ3) is 20.6. The van der Waals surface area contributed by atoms with Crippen molar-refractivity contribution in [2.45, 2.75) is 140 Å². The molecule has 2 heterocycles. The molecule has 3 aromatic rings. The summed E-state index contributed by atoms with van der Waals surface area (Å²) < 4.78 is 31.7. The molecule has 9 atom stereocenters. The third-order valence-electron chi connectivity index (χ3n) is 12.9. The normalized spacial score (nSPS) is 18.2. The Hall–Kier alpha value is -8.13. The number of aromatic hydroxyl groups is 1. The number of carbonyl (C=O) groups is 10. The number of likely N-dealkylation sites (tertiary alicyclic amines) is 1. The van der Waals surface area contributed by atoms with E-state index in [-0.39, 0.29) is 56.2 Å². The Morgan fingerprint density at radius 2 is 1.12 bits per heavy atom. The number of aliphatic hydroxyl groups excluding tert-OH is 1. The monoisotopic (exact) mass is 1130 g/mol. The molecule has 0 aromatic heterocycles. The Morgan fingerprint density at radius 1 is 0.650 bits per heavy atom. The zero-order valence-electron chi connectivity index (χ0n) is 44.5. The number of halogens is 3. The molecule has 0 saturated carbocycles. The van der Waals surface area contributed by atoms with Crippen molar-refractivity contribution in [3.63, 3.8) is 0 Å². The van der Waals surface area contributed by atoms with E-state index in [9.17, 15) is 71.6 Å². The largest absolute Gasteiger partial charge is 0.508 e. The van der Waals surface area contributed by atoms with Crippen LogP contribution in [0.2, 0.25) is 0 Å². The Bertz CT molecular complexity index is 2620. The average molecular weight is 1130 g/mol. The van der Waals surface area contributed by atoms with Gasteiger partial charge in [0.25, 0.3) is 0 Å². The zero-order valence-corrected chi connectivity index (χ0v) is 44.5. The van der Waals surface area contributed by atoms with Gasteiger partial charge in [-0.05, 0) is 66.5 Å². The van der Waals surface area contributed by atoms with Crippen LogP contribution in [0.15, 0.2) is 84.9 Å². The maximum Gasteiger partial charge on any atom is 0.490 e. The van der Waals surface area contributed by atoms with Crippen LogP contribution in [0.1, 0.15) is 76.5 Å². The van der Waals surface area contributed by atoms with E-state index < -0.39 is 126 Å². The van der Waals surface area contributed by atoms with Gasteiger partial charge in [0.15, 0.2) is 0 Å². The van der Waals surface area contributed by atoms with Crippen LogP contribution in [0, 0.1) is 11.8 Å². The van der Waals surface area contributed by atoms with Crippen molar-refractivity contribution in [3.05, 3.63) is 102 Å². The molecule has 3 aromatic carbocycles. The molecule has 0 spiro atoms. The van der Waals surface area contributed by atoms with Crippen LogP contribution in [0.25, 0.3) is 0 Å². The molecule has 0 unspecified atom stereocenters. The summed E-state index contributed by atoms with van der Waals surface area (Å²) in [6, 6.07) is 13.9. The van der Waals surface area contributed by atoms with Crippen LogP contribution >= 0.6 is 0 Å². The summed E-state index contributed by atoms with van der Waals surface area (Å²) in [5.74, 6) is -11.2. The van der Waals surface area contributed by atoms with Crippen LogP contribution in [0.5, 0.6) is 5.75 Å². The van der Waals surface area contributed by atoms with Gasteiger partial charge in [-0.25, -0.2) is 4.79 Å². The predicted octanol–water partition coefficient (Wildman–Crippen LogP) is 0.338. The lowest BCUT2D eigenvalue weighted by Crippen LogP contribution is -2.61. The van der Waals surface area contributed by atoms with Gasteiger partial charge in [0.1, 0.15) is 48.0 Å². The lowest BCUT2D eigenvalue weighted by atomic mass is 9.99. The molecule has 8 amide bonds. The summed E-state index contributed by atoms with van der Waals surface area (Å²) in [6.07, 6.45) is -5.96. The van der Waals surface area contributed by atoms with E-state index in [1.165, 1.54) is 12.1 Å². The minimum absolute atomic E-state index is 0.0273. The fourth-order valence-corrected chi connectivity index (χ4v) is 8.84. The van der Waals surface area contributed by atoms with Crippen LogP contribution in [-0.2, 0) is 67.2 Å². The Kier molecular flexibility index (Phi) is 24.4. The molecule has 26 heteroatoms. The number of hydrogen-bond acceptors (Lipinski definition) is 13. The number of carboxylic acid groups (broad SMARTS) is 2. The first-order valence-corrected chi connectivity index (χ1v) is 25.8. The van der Waals surface area contributed by atoms with Gasteiger partial charge in [-0.3, -0.25) is 43.2 Å². The number of phenolic OH excluding ortho intramolecular Hbond substituents is 1. The number of β-amino-alcohol motifs (C(OH)–C–C–N with tert-alkyl or cyclic N) is 1. The summed E-state index contributed by atoms with van der Waals surface area (Å²) in [7, 11) is 0. The van der Waals surface area contributed by atoms with Gasteiger partial charge in [0, 0.05) is 32.2 Å². The molecule has 0 bridgehead atoms. The minimum atomic E-state index is -5.08. The molecule has 436 valence electrons. The molecular formula is C54H70F3N9O14. The summed E-state index contributed by atoms with van der Waals surface area (Å²) >= 11 is 0. The number of nitrogens with one attached hydrogen (secondary N) is 7. The van der Waals surface area contributed by atoms with Gasteiger partial charge in [-0.15, -0.1) is 0 Å². The lowest BCUT2D eigenvalue weighted by Gasteiger charge is -2.32. The maximum atomic E-state index is 14.7. The number of aliphatic carboxylic acids is 2. The van der Waals surface area contributed by atoms with Crippen LogP contribution in [0.3, 0.4) is 0 Å². The average Bonchev–Trinajstić information content (AvgIpc) is 4.08. The zero-order chi connectivity index (χ0) is 59.4. The highest BCUT2D eigenvalue weighted by Crippen LogP contribution is 2.22. The predicted molar refractivity (Wildman–Crippen MR) is 280 cm³/mol. The second kappa shape index (κ2) is 30.3. The van der Waals surface area contributed by atoms with Crippen molar-refractivity contribution < 1.29 is 81.5 Å². The summed E-state index contributed by atoms with van der Waals surface area (Å²) in [5.41, 5.74) is 7.24. The molecule has 80 heavy (non-hydrogen) atoms. The van der Waals surface area contributed by atoms with E-state index in [1.54, 1.807) is 68.4 Å².